The van der Waals surface area contributed by atoms with Crippen LogP contribution in [-0.4, -0.2) is 23.0 Å². The van der Waals surface area contributed by atoms with Crippen molar-refractivity contribution in [2.45, 2.75) is 26.4 Å². The van der Waals surface area contributed by atoms with Gasteiger partial charge in [0.2, 0.25) is 11.8 Å². The molecule has 0 radical (unpaired) electrons. The first-order valence-electron chi connectivity index (χ1n) is 10.5. The summed E-state index contributed by atoms with van der Waals surface area (Å²) in [6.07, 6.45) is 1.56. The minimum absolute atomic E-state index is 0.0183. The van der Waals surface area contributed by atoms with E-state index in [1.165, 1.54) is 18.3 Å². The highest BCUT2D eigenvalue weighted by Crippen LogP contribution is 2.16. The van der Waals surface area contributed by atoms with Crippen LogP contribution >= 0.6 is 0 Å². The van der Waals surface area contributed by atoms with Crippen LogP contribution in [0.5, 0.6) is 5.75 Å². The highest BCUT2D eigenvalue weighted by molar-refractivity contribution is 5.93. The molecule has 0 spiro atoms. The van der Waals surface area contributed by atoms with Crippen molar-refractivity contribution in [3.8, 4) is 5.75 Å². The van der Waals surface area contributed by atoms with E-state index in [9.17, 15) is 19.7 Å². The molecule has 0 saturated carbocycles. The molecule has 2 amide bonds. The number of ether oxygens (including phenoxy) is 1. The second-order valence-corrected chi connectivity index (χ2v) is 7.49. The second-order valence-electron chi connectivity index (χ2n) is 7.49. The zero-order chi connectivity index (χ0) is 24.3. The van der Waals surface area contributed by atoms with Crippen LogP contribution in [-0.2, 0) is 16.2 Å². The summed E-state index contributed by atoms with van der Waals surface area (Å²) in [7, 11) is 0. The maximum Gasteiger partial charge on any atom is 0.269 e. The van der Waals surface area contributed by atoms with Crippen LogP contribution in [0.1, 0.15) is 29.5 Å². The Balaban J connectivity index is 1.37. The van der Waals surface area contributed by atoms with Crippen molar-refractivity contribution in [2.75, 3.05) is 5.32 Å². The molecule has 0 saturated heterocycles. The molecular formula is C25H24N4O5. The summed E-state index contributed by atoms with van der Waals surface area (Å²) in [5, 5.41) is 17.3. The number of nitrogens with one attached hydrogen (secondary N) is 2. The Labute approximate surface area is 196 Å². The number of hydrazone groups is 1. The average Bonchev–Trinajstić information content (AvgIpc) is 2.84. The van der Waals surface area contributed by atoms with Crippen molar-refractivity contribution in [1.82, 2.24) is 5.43 Å². The van der Waals surface area contributed by atoms with E-state index in [1.54, 1.807) is 36.4 Å². The highest BCUT2D eigenvalue weighted by atomic mass is 16.6. The molecule has 34 heavy (non-hydrogen) atoms. The Morgan fingerprint density at radius 3 is 2.24 bits per heavy atom. The van der Waals surface area contributed by atoms with Gasteiger partial charge in [0.15, 0.2) is 0 Å². The number of hydrogen-bond acceptors (Lipinski definition) is 6. The quantitative estimate of drug-likeness (QED) is 0.264. The van der Waals surface area contributed by atoms with Crippen LogP contribution in [0.3, 0.4) is 0 Å². The van der Waals surface area contributed by atoms with Crippen LogP contribution < -0.4 is 15.5 Å². The summed E-state index contributed by atoms with van der Waals surface area (Å²) < 4.78 is 5.67. The van der Waals surface area contributed by atoms with Gasteiger partial charge >= 0.3 is 0 Å². The van der Waals surface area contributed by atoms with Gasteiger partial charge in [0, 0.05) is 30.7 Å². The molecule has 0 bridgehead atoms. The normalized spacial score (nSPS) is 10.6. The number of rotatable bonds is 10. The third kappa shape index (κ3) is 7.86. The Bertz CT molecular complexity index is 1160. The van der Waals surface area contributed by atoms with Crippen molar-refractivity contribution in [1.29, 1.82) is 0 Å². The number of benzene rings is 3. The monoisotopic (exact) mass is 460 g/mol. The molecule has 9 heteroatoms. The summed E-state index contributed by atoms with van der Waals surface area (Å²) in [5.74, 6) is 0.0183. The summed E-state index contributed by atoms with van der Waals surface area (Å²) in [6, 6.07) is 20.6. The lowest BCUT2D eigenvalue weighted by Gasteiger charge is -2.06. The van der Waals surface area contributed by atoms with Gasteiger partial charge in [-0.25, -0.2) is 5.43 Å². The lowest BCUT2D eigenvalue weighted by atomic mass is 10.2. The van der Waals surface area contributed by atoms with Crippen LogP contribution in [0, 0.1) is 17.0 Å². The smallest absolute Gasteiger partial charge is 0.269 e. The molecule has 9 nitrogen and oxygen atoms in total. The van der Waals surface area contributed by atoms with E-state index in [0.717, 1.165) is 16.7 Å². The van der Waals surface area contributed by atoms with E-state index >= 15 is 0 Å². The average molecular weight is 460 g/mol. The van der Waals surface area contributed by atoms with E-state index in [-0.39, 0.29) is 37.0 Å². The van der Waals surface area contributed by atoms with Crippen LogP contribution in [0.2, 0.25) is 0 Å². The van der Waals surface area contributed by atoms with E-state index in [2.05, 4.69) is 15.8 Å². The molecule has 0 aliphatic heterocycles. The fourth-order valence-electron chi connectivity index (χ4n) is 2.85. The number of amides is 2. The largest absolute Gasteiger partial charge is 0.489 e. The SMILES string of the molecule is Cc1ccc(NC(=O)CCC(=O)NN=Cc2ccc(OCc3ccc([N+](=O)[O-])cc3)cc2)cc1. The molecule has 0 heterocycles. The number of aryl methyl sites for hydroxylation is 1. The first kappa shape index (κ1) is 24.1. The third-order valence-electron chi connectivity index (χ3n) is 4.75. The van der Waals surface area contributed by atoms with Crippen LogP contribution in [0.25, 0.3) is 0 Å². The maximum absolute atomic E-state index is 11.9. The van der Waals surface area contributed by atoms with Crippen molar-refractivity contribution in [3.05, 3.63) is 99.6 Å². The standard InChI is InChI=1S/C25H24N4O5/c1-18-2-8-21(9-3-18)27-24(30)14-15-25(31)28-26-16-19-6-12-23(13-7-19)34-17-20-4-10-22(11-5-20)29(32)33/h2-13,16H,14-15,17H2,1H3,(H,27,30)(H,28,31). The molecule has 0 aliphatic rings. The Kier molecular flexibility index (Phi) is 8.45. The number of nitro groups is 1. The lowest BCUT2D eigenvalue weighted by Crippen LogP contribution is -2.20. The zero-order valence-electron chi connectivity index (χ0n) is 18.6. The fourth-order valence-corrected chi connectivity index (χ4v) is 2.85. The predicted molar refractivity (Wildman–Crippen MR) is 129 cm³/mol. The molecule has 0 aromatic heterocycles. The molecule has 3 rings (SSSR count). The van der Waals surface area contributed by atoms with Crippen LogP contribution in [0.4, 0.5) is 11.4 Å². The van der Waals surface area contributed by atoms with Gasteiger partial charge < -0.3 is 10.1 Å². The molecule has 3 aromatic carbocycles. The van der Waals surface area contributed by atoms with Gasteiger partial charge in [-0.05, 0) is 66.6 Å². The molecule has 3 aromatic rings. The molecule has 0 atom stereocenters. The van der Waals surface area contributed by atoms with Crippen molar-refractivity contribution >= 4 is 29.4 Å². The van der Waals surface area contributed by atoms with Crippen molar-refractivity contribution < 1.29 is 19.2 Å². The summed E-state index contributed by atoms with van der Waals surface area (Å²) in [6.45, 7) is 2.24. The number of nitro benzene ring substituents is 1. The van der Waals surface area contributed by atoms with E-state index in [1.807, 2.05) is 31.2 Å². The first-order valence-corrected chi connectivity index (χ1v) is 10.5. The molecule has 0 unspecified atom stereocenters. The molecule has 0 fully saturated rings. The van der Waals surface area contributed by atoms with E-state index in [4.69, 9.17) is 4.74 Å². The zero-order valence-corrected chi connectivity index (χ0v) is 18.6. The fraction of sp³-hybridized carbons (Fsp3) is 0.160. The van der Waals surface area contributed by atoms with Gasteiger partial charge in [0.05, 0.1) is 11.1 Å². The Hall–Kier alpha value is -4.53. The molecule has 0 aliphatic carbocycles. The number of non-ortho nitro benzene ring substituents is 1. The highest BCUT2D eigenvalue weighted by Gasteiger charge is 2.07. The van der Waals surface area contributed by atoms with Gasteiger partial charge in [0.25, 0.3) is 5.69 Å². The number of carbonyl (C=O) groups excluding carboxylic acids is 2. The van der Waals surface area contributed by atoms with Gasteiger partial charge in [0.1, 0.15) is 12.4 Å². The Morgan fingerprint density at radius 1 is 0.941 bits per heavy atom. The first-order chi connectivity index (χ1) is 16.4. The number of nitrogens with zero attached hydrogens (tertiary/aromatic N) is 2. The van der Waals surface area contributed by atoms with E-state index < -0.39 is 4.92 Å². The number of anilines is 1. The Morgan fingerprint density at radius 2 is 1.59 bits per heavy atom. The van der Waals surface area contributed by atoms with Crippen molar-refractivity contribution in [3.63, 3.8) is 0 Å². The molecular weight excluding hydrogens is 436 g/mol. The minimum atomic E-state index is -0.448. The van der Waals surface area contributed by atoms with Crippen LogP contribution in [0.15, 0.2) is 77.9 Å². The van der Waals surface area contributed by atoms with Gasteiger partial charge in [-0.2, -0.15) is 5.10 Å². The van der Waals surface area contributed by atoms with Gasteiger partial charge in [-0.15, -0.1) is 0 Å². The predicted octanol–water partition coefficient (Wildman–Crippen LogP) is 4.35. The lowest BCUT2D eigenvalue weighted by molar-refractivity contribution is -0.384. The summed E-state index contributed by atoms with van der Waals surface area (Å²) in [4.78, 5) is 34.1. The van der Waals surface area contributed by atoms with Gasteiger partial charge in [-0.3, -0.25) is 19.7 Å². The summed E-state index contributed by atoms with van der Waals surface area (Å²) >= 11 is 0. The van der Waals surface area contributed by atoms with E-state index in [0.29, 0.717) is 11.4 Å². The van der Waals surface area contributed by atoms with Gasteiger partial charge in [-0.1, -0.05) is 17.7 Å². The molecule has 174 valence electrons. The van der Waals surface area contributed by atoms with Crippen molar-refractivity contribution in [2.24, 2.45) is 5.10 Å². The number of hydrogen-bond donors (Lipinski definition) is 2. The third-order valence-corrected chi connectivity index (χ3v) is 4.75. The molecule has 2 N–H and O–H groups in total. The summed E-state index contributed by atoms with van der Waals surface area (Å²) in [5.41, 5.74) is 5.78. The number of carbonyl (C=O) groups is 2. The second kappa shape index (κ2) is 11.9. The minimum Gasteiger partial charge on any atom is -0.489 e. The topological polar surface area (TPSA) is 123 Å². The maximum atomic E-state index is 11.9.